The lowest BCUT2D eigenvalue weighted by Gasteiger charge is -2.04. The predicted octanol–water partition coefficient (Wildman–Crippen LogP) is 0.853. The van der Waals surface area contributed by atoms with Crippen molar-refractivity contribution in [2.24, 2.45) is 0 Å². The molecule has 82 valence electrons. The van der Waals surface area contributed by atoms with Crippen molar-refractivity contribution in [1.29, 1.82) is 0 Å². The Balaban J connectivity index is 2.08. The van der Waals surface area contributed by atoms with Gasteiger partial charge in [-0.3, -0.25) is 0 Å². The van der Waals surface area contributed by atoms with Gasteiger partial charge in [0.25, 0.3) is 0 Å². The van der Waals surface area contributed by atoms with E-state index in [-0.39, 0.29) is 5.69 Å². The maximum atomic E-state index is 10.7. The Labute approximate surface area is 88.1 Å². The van der Waals surface area contributed by atoms with E-state index >= 15 is 0 Å². The number of carbonyl (C=O) groups is 1. The second-order valence-corrected chi connectivity index (χ2v) is 3.79. The quantitative estimate of drug-likeness (QED) is 0.754. The van der Waals surface area contributed by atoms with Crippen molar-refractivity contribution in [2.45, 2.75) is 38.9 Å². The number of nitrogens with zero attached hydrogens (tertiary/aromatic N) is 2. The first-order valence-corrected chi connectivity index (χ1v) is 5.23. The Morgan fingerprint density at radius 2 is 2.47 bits per heavy atom. The molecule has 0 bridgehead atoms. The van der Waals surface area contributed by atoms with Crippen LogP contribution >= 0.6 is 0 Å². The maximum Gasteiger partial charge on any atom is 0.356 e. The lowest BCUT2D eigenvalue weighted by atomic mass is 10.5. The first-order valence-electron chi connectivity index (χ1n) is 5.23. The summed E-state index contributed by atoms with van der Waals surface area (Å²) in [5, 5.41) is 12.1. The molecule has 2 rings (SSSR count). The zero-order valence-electron chi connectivity index (χ0n) is 8.73. The molecule has 1 aromatic rings. The van der Waals surface area contributed by atoms with Crippen molar-refractivity contribution in [2.75, 3.05) is 0 Å². The summed E-state index contributed by atoms with van der Waals surface area (Å²) in [4.78, 5) is 14.8. The third-order valence-corrected chi connectivity index (χ3v) is 2.55. The van der Waals surface area contributed by atoms with E-state index in [2.05, 4.69) is 10.3 Å². The summed E-state index contributed by atoms with van der Waals surface area (Å²) in [7, 11) is 0. The third kappa shape index (κ3) is 2.36. The van der Waals surface area contributed by atoms with Gasteiger partial charge in [0, 0.05) is 18.8 Å². The zero-order chi connectivity index (χ0) is 10.8. The van der Waals surface area contributed by atoms with Crippen molar-refractivity contribution in [3.63, 3.8) is 0 Å². The molecular weight excluding hydrogens is 194 g/mol. The highest BCUT2D eigenvalue weighted by atomic mass is 16.4. The van der Waals surface area contributed by atoms with Crippen molar-refractivity contribution >= 4 is 5.97 Å². The minimum atomic E-state index is -0.963. The van der Waals surface area contributed by atoms with Crippen molar-refractivity contribution < 1.29 is 9.90 Å². The molecule has 5 nitrogen and oxygen atoms in total. The second kappa shape index (κ2) is 4.02. The molecule has 1 aliphatic carbocycles. The topological polar surface area (TPSA) is 67.2 Å². The van der Waals surface area contributed by atoms with Gasteiger partial charge >= 0.3 is 5.97 Å². The normalized spacial score (nSPS) is 15.5. The van der Waals surface area contributed by atoms with E-state index in [0.29, 0.717) is 12.6 Å². The average molecular weight is 209 g/mol. The minimum absolute atomic E-state index is 0.129. The summed E-state index contributed by atoms with van der Waals surface area (Å²) in [5.74, 6) is -0.156. The van der Waals surface area contributed by atoms with Crippen LogP contribution in [0.25, 0.3) is 0 Å². The van der Waals surface area contributed by atoms with Gasteiger partial charge in [0.15, 0.2) is 5.69 Å². The number of imidazole rings is 1. The summed E-state index contributed by atoms with van der Waals surface area (Å²) in [6.07, 6.45) is 4.03. The Morgan fingerprint density at radius 1 is 1.73 bits per heavy atom. The van der Waals surface area contributed by atoms with Gasteiger partial charge in [0.2, 0.25) is 0 Å². The van der Waals surface area contributed by atoms with Gasteiger partial charge in [-0.1, -0.05) is 0 Å². The van der Waals surface area contributed by atoms with Gasteiger partial charge in [-0.05, 0) is 19.8 Å². The number of nitrogens with one attached hydrogen (secondary N) is 1. The fourth-order valence-electron chi connectivity index (χ4n) is 1.50. The summed E-state index contributed by atoms with van der Waals surface area (Å²) < 4.78 is 1.87. The standard InChI is InChI=1S/C10H15N3O2/c1-2-13-6-8(10(14)15)12-9(13)5-11-7-3-4-7/h6-7,11H,2-5H2,1H3,(H,14,15). The van der Waals surface area contributed by atoms with E-state index in [4.69, 9.17) is 5.11 Å². The zero-order valence-corrected chi connectivity index (χ0v) is 8.73. The molecule has 1 aromatic heterocycles. The molecule has 1 fully saturated rings. The maximum absolute atomic E-state index is 10.7. The van der Waals surface area contributed by atoms with Crippen LogP contribution in [0.2, 0.25) is 0 Å². The van der Waals surface area contributed by atoms with Crippen LogP contribution in [0.1, 0.15) is 36.1 Å². The number of carboxylic acids is 1. The van der Waals surface area contributed by atoms with E-state index in [1.807, 2.05) is 11.5 Å². The predicted molar refractivity (Wildman–Crippen MR) is 54.7 cm³/mol. The summed E-state index contributed by atoms with van der Waals surface area (Å²) in [6, 6.07) is 0.611. The van der Waals surface area contributed by atoms with Gasteiger partial charge in [-0.2, -0.15) is 0 Å². The second-order valence-electron chi connectivity index (χ2n) is 3.79. The highest BCUT2D eigenvalue weighted by Gasteiger charge is 2.21. The number of rotatable bonds is 5. The van der Waals surface area contributed by atoms with Crippen LogP contribution in [-0.4, -0.2) is 26.7 Å². The average Bonchev–Trinajstić information content (AvgIpc) is 2.94. The Bertz CT molecular complexity index is 369. The van der Waals surface area contributed by atoms with E-state index in [0.717, 1.165) is 12.4 Å². The molecule has 0 atom stereocenters. The smallest absolute Gasteiger partial charge is 0.356 e. The molecule has 0 unspecified atom stereocenters. The Kier molecular flexibility index (Phi) is 2.73. The molecule has 15 heavy (non-hydrogen) atoms. The Hall–Kier alpha value is -1.36. The fourth-order valence-corrected chi connectivity index (χ4v) is 1.50. The molecule has 1 saturated carbocycles. The Morgan fingerprint density at radius 3 is 3.00 bits per heavy atom. The first kappa shape index (κ1) is 10.2. The summed E-state index contributed by atoms with van der Waals surface area (Å²) in [6.45, 7) is 3.39. The monoisotopic (exact) mass is 209 g/mol. The lowest BCUT2D eigenvalue weighted by molar-refractivity contribution is 0.0691. The van der Waals surface area contributed by atoms with Gasteiger partial charge in [0.1, 0.15) is 5.82 Å². The molecule has 5 heteroatoms. The largest absolute Gasteiger partial charge is 0.476 e. The molecule has 2 N–H and O–H groups in total. The molecule has 1 aliphatic rings. The highest BCUT2D eigenvalue weighted by molar-refractivity contribution is 5.85. The van der Waals surface area contributed by atoms with Crippen LogP contribution in [0, 0.1) is 0 Å². The number of aryl methyl sites for hydroxylation is 1. The van der Waals surface area contributed by atoms with E-state index in [1.54, 1.807) is 6.20 Å². The number of hydrogen-bond acceptors (Lipinski definition) is 3. The van der Waals surface area contributed by atoms with Crippen LogP contribution < -0.4 is 5.32 Å². The van der Waals surface area contributed by atoms with E-state index in [9.17, 15) is 4.79 Å². The van der Waals surface area contributed by atoms with Crippen molar-refractivity contribution in [3.05, 3.63) is 17.7 Å². The first-order chi connectivity index (χ1) is 7.20. The third-order valence-electron chi connectivity index (χ3n) is 2.55. The van der Waals surface area contributed by atoms with Crippen LogP contribution in [0.5, 0.6) is 0 Å². The lowest BCUT2D eigenvalue weighted by Crippen LogP contribution is -2.18. The molecule has 0 saturated heterocycles. The number of aromatic carboxylic acids is 1. The summed E-state index contributed by atoms with van der Waals surface area (Å²) >= 11 is 0. The van der Waals surface area contributed by atoms with Gasteiger partial charge in [-0.15, -0.1) is 0 Å². The number of hydrogen-bond donors (Lipinski definition) is 2. The molecule has 0 radical (unpaired) electrons. The van der Waals surface area contributed by atoms with Crippen LogP contribution in [0.15, 0.2) is 6.20 Å². The van der Waals surface area contributed by atoms with E-state index < -0.39 is 5.97 Å². The molecule has 1 heterocycles. The van der Waals surface area contributed by atoms with Gasteiger partial charge < -0.3 is 15.0 Å². The van der Waals surface area contributed by atoms with Gasteiger partial charge in [-0.25, -0.2) is 9.78 Å². The van der Waals surface area contributed by atoms with Crippen molar-refractivity contribution in [1.82, 2.24) is 14.9 Å². The highest BCUT2D eigenvalue weighted by Crippen LogP contribution is 2.19. The molecular formula is C10H15N3O2. The molecule has 0 spiro atoms. The molecule has 0 aromatic carbocycles. The van der Waals surface area contributed by atoms with Crippen LogP contribution in [0.3, 0.4) is 0 Å². The van der Waals surface area contributed by atoms with Crippen LogP contribution in [-0.2, 0) is 13.1 Å². The van der Waals surface area contributed by atoms with Gasteiger partial charge in [0.05, 0.1) is 6.54 Å². The number of carboxylic acid groups (broad SMARTS) is 1. The van der Waals surface area contributed by atoms with E-state index in [1.165, 1.54) is 12.8 Å². The summed E-state index contributed by atoms with van der Waals surface area (Å²) in [5.41, 5.74) is 0.129. The SMILES string of the molecule is CCn1cc(C(=O)O)nc1CNC1CC1. The van der Waals surface area contributed by atoms with Crippen molar-refractivity contribution in [3.8, 4) is 0 Å². The minimum Gasteiger partial charge on any atom is -0.476 e. The fraction of sp³-hybridized carbons (Fsp3) is 0.600. The number of aromatic nitrogens is 2. The molecule has 0 aliphatic heterocycles. The molecule has 0 amide bonds. The van der Waals surface area contributed by atoms with Crippen LogP contribution in [0.4, 0.5) is 0 Å².